The molecule has 2 fully saturated rings. The van der Waals surface area contributed by atoms with Gasteiger partial charge in [-0.25, -0.2) is 4.39 Å². The number of pyridine rings is 1. The van der Waals surface area contributed by atoms with E-state index in [0.717, 1.165) is 18.9 Å². The molecule has 6 unspecified atom stereocenters. The molecular formula is C27H38FNO6. The fraction of sp³-hybridized carbons (Fsp3) is 0.667. The summed E-state index contributed by atoms with van der Waals surface area (Å²) in [7, 11) is 0. The zero-order valence-electron chi connectivity index (χ0n) is 21.3. The highest BCUT2D eigenvalue weighted by Gasteiger charge is 2.72. The van der Waals surface area contributed by atoms with Gasteiger partial charge >= 0.3 is 5.97 Å². The molecule has 2 aliphatic heterocycles. The molecule has 3 heterocycles. The number of aromatic nitrogens is 1. The Kier molecular flexibility index (Phi) is 8.19. The molecule has 0 aliphatic carbocycles. The van der Waals surface area contributed by atoms with Gasteiger partial charge in [0.05, 0.1) is 5.69 Å². The van der Waals surface area contributed by atoms with Crippen LogP contribution < -0.4 is 0 Å². The van der Waals surface area contributed by atoms with Crippen LogP contribution in [0.2, 0.25) is 0 Å². The van der Waals surface area contributed by atoms with Crippen LogP contribution in [0.1, 0.15) is 78.8 Å². The Labute approximate surface area is 206 Å². The van der Waals surface area contributed by atoms with E-state index >= 15 is 4.39 Å². The lowest BCUT2D eigenvalue weighted by Crippen LogP contribution is -2.46. The number of carbonyl (C=O) groups is 2. The number of rotatable bonds is 2. The van der Waals surface area contributed by atoms with E-state index in [9.17, 15) is 19.8 Å². The Morgan fingerprint density at radius 3 is 2.57 bits per heavy atom. The number of epoxide rings is 1. The summed E-state index contributed by atoms with van der Waals surface area (Å²) in [6.45, 7) is 9.25. The van der Waals surface area contributed by atoms with Crippen molar-refractivity contribution in [3.63, 3.8) is 0 Å². The van der Waals surface area contributed by atoms with Gasteiger partial charge in [0.2, 0.25) is 5.79 Å². The minimum absolute atomic E-state index is 0.0777. The van der Waals surface area contributed by atoms with E-state index in [1.807, 2.05) is 6.92 Å². The second-order valence-electron chi connectivity index (χ2n) is 11.1. The molecule has 0 aromatic carbocycles. The Morgan fingerprint density at radius 2 is 1.91 bits per heavy atom. The summed E-state index contributed by atoms with van der Waals surface area (Å²) in [5.74, 6) is -3.62. The molecule has 2 saturated heterocycles. The highest BCUT2D eigenvalue weighted by atomic mass is 19.1. The fourth-order valence-corrected chi connectivity index (χ4v) is 5.10. The molecule has 0 spiro atoms. The first-order chi connectivity index (χ1) is 16.3. The largest absolute Gasteiger partial charge is 0.452 e. The van der Waals surface area contributed by atoms with Gasteiger partial charge in [-0.1, -0.05) is 46.6 Å². The quantitative estimate of drug-likeness (QED) is 0.467. The predicted octanol–water partition coefficient (Wildman–Crippen LogP) is 4.36. The molecule has 35 heavy (non-hydrogen) atoms. The second kappa shape index (κ2) is 10.4. The van der Waals surface area contributed by atoms with Gasteiger partial charge in [0, 0.05) is 24.0 Å². The maximum Gasteiger partial charge on any atom is 0.306 e. The lowest BCUT2D eigenvalue weighted by atomic mass is 9.75. The van der Waals surface area contributed by atoms with Gasteiger partial charge in [-0.15, -0.1) is 0 Å². The number of ether oxygens (including phenoxy) is 2. The number of Topliss-reactive ketones (excluding diaryl/α,β-unsaturated/α-hetero) is 1. The van der Waals surface area contributed by atoms with E-state index in [1.165, 1.54) is 6.20 Å². The van der Waals surface area contributed by atoms with Crippen molar-refractivity contribution in [3.05, 3.63) is 35.9 Å². The molecule has 1 aromatic rings. The average molecular weight is 492 g/mol. The van der Waals surface area contributed by atoms with Crippen LogP contribution in [0.3, 0.4) is 0 Å². The molecule has 7 nitrogen and oxygen atoms in total. The van der Waals surface area contributed by atoms with Gasteiger partial charge in [-0.2, -0.15) is 0 Å². The van der Waals surface area contributed by atoms with Crippen molar-refractivity contribution in [3.8, 4) is 0 Å². The number of ketones is 1. The van der Waals surface area contributed by atoms with E-state index < -0.39 is 40.8 Å². The molecule has 3 rings (SSSR count). The maximum absolute atomic E-state index is 15.4. The third-order valence-electron chi connectivity index (χ3n) is 7.46. The standard InChI is InChI=1S/C27H38FNO6/c1-17-9-8-12-26(5)27(33,35-26)24(32)22(20(28)16-19-10-6-7-14-29-19)34-21(30)11-13-25(3,4)23(31)18(2)15-17/h6-7,10,14,16-18,22,24,32-33H,8-9,11-13,15H2,1-5H3. The van der Waals surface area contributed by atoms with Crippen molar-refractivity contribution in [2.24, 2.45) is 17.3 Å². The van der Waals surface area contributed by atoms with E-state index in [0.29, 0.717) is 12.8 Å². The number of halogens is 1. The van der Waals surface area contributed by atoms with Gasteiger partial charge in [0.1, 0.15) is 17.2 Å². The van der Waals surface area contributed by atoms with Crippen molar-refractivity contribution < 1.29 is 33.7 Å². The smallest absolute Gasteiger partial charge is 0.306 e. The van der Waals surface area contributed by atoms with Gasteiger partial charge < -0.3 is 19.7 Å². The molecule has 194 valence electrons. The number of carbonyl (C=O) groups excluding carboxylic acids is 2. The highest BCUT2D eigenvalue weighted by Crippen LogP contribution is 2.53. The van der Waals surface area contributed by atoms with E-state index in [4.69, 9.17) is 9.47 Å². The van der Waals surface area contributed by atoms with Crippen LogP contribution in [0.4, 0.5) is 4.39 Å². The van der Waals surface area contributed by atoms with Crippen LogP contribution in [-0.4, -0.2) is 50.5 Å². The molecule has 0 amide bonds. The summed E-state index contributed by atoms with van der Waals surface area (Å²) in [5, 5.41) is 22.1. The lowest BCUT2D eigenvalue weighted by molar-refractivity contribution is -0.167. The molecule has 0 radical (unpaired) electrons. The van der Waals surface area contributed by atoms with Crippen LogP contribution in [0, 0.1) is 17.3 Å². The SMILES string of the molecule is CC1CCCC2(C)OC2(O)C(O)C(C(F)=Cc2ccccn2)OC(=O)CCC(C)(C)C(=O)C(C)C1. The lowest BCUT2D eigenvalue weighted by Gasteiger charge is -2.29. The minimum atomic E-state index is -2.06. The number of esters is 1. The molecular weight excluding hydrogens is 453 g/mol. The van der Waals surface area contributed by atoms with Crippen molar-refractivity contribution in [1.82, 2.24) is 4.98 Å². The van der Waals surface area contributed by atoms with Gasteiger partial charge in [0.15, 0.2) is 12.2 Å². The monoisotopic (exact) mass is 491 g/mol. The number of hydrogen-bond acceptors (Lipinski definition) is 7. The summed E-state index contributed by atoms with van der Waals surface area (Å²) in [6, 6.07) is 4.91. The number of aliphatic hydroxyl groups is 2. The average Bonchev–Trinajstić information content (AvgIpc) is 3.36. The zero-order valence-corrected chi connectivity index (χ0v) is 21.3. The van der Waals surface area contributed by atoms with Crippen LogP contribution in [0.25, 0.3) is 6.08 Å². The topological polar surface area (TPSA) is 109 Å². The number of nitrogens with zero attached hydrogens (tertiary/aromatic N) is 1. The fourth-order valence-electron chi connectivity index (χ4n) is 5.10. The normalized spacial score (nSPS) is 37.3. The van der Waals surface area contributed by atoms with Crippen LogP contribution >= 0.6 is 0 Å². The van der Waals surface area contributed by atoms with Crippen LogP contribution in [0.15, 0.2) is 30.2 Å². The third-order valence-corrected chi connectivity index (χ3v) is 7.46. The molecule has 1 aromatic heterocycles. The number of fused-ring (bicyclic) bond motifs is 1. The van der Waals surface area contributed by atoms with Gasteiger partial charge in [-0.05, 0) is 50.3 Å². The van der Waals surface area contributed by atoms with Crippen molar-refractivity contribution >= 4 is 17.8 Å². The molecule has 8 heteroatoms. The Hall–Kier alpha value is -2.16. The predicted molar refractivity (Wildman–Crippen MR) is 128 cm³/mol. The summed E-state index contributed by atoms with van der Waals surface area (Å²) in [6.07, 6.45) is 1.62. The second-order valence-corrected chi connectivity index (χ2v) is 11.1. The van der Waals surface area contributed by atoms with E-state index in [2.05, 4.69) is 11.9 Å². The number of hydrogen-bond donors (Lipinski definition) is 2. The van der Waals surface area contributed by atoms with E-state index in [1.54, 1.807) is 39.0 Å². The Morgan fingerprint density at radius 1 is 1.20 bits per heavy atom. The van der Waals surface area contributed by atoms with Crippen molar-refractivity contribution in [2.75, 3.05) is 0 Å². The minimum Gasteiger partial charge on any atom is -0.452 e. The first-order valence-corrected chi connectivity index (χ1v) is 12.4. The molecule has 0 saturated carbocycles. The number of aliphatic hydroxyl groups excluding tert-OH is 1. The maximum atomic E-state index is 15.4. The highest BCUT2D eigenvalue weighted by molar-refractivity contribution is 5.86. The summed E-state index contributed by atoms with van der Waals surface area (Å²) in [4.78, 5) is 29.8. The van der Waals surface area contributed by atoms with E-state index in [-0.39, 0.29) is 36.2 Å². The Bertz CT molecular complexity index is 950. The Balaban J connectivity index is 1.90. The third kappa shape index (κ3) is 6.16. The van der Waals surface area contributed by atoms with Crippen LogP contribution in [-0.2, 0) is 19.1 Å². The molecule has 2 aliphatic rings. The van der Waals surface area contributed by atoms with Crippen molar-refractivity contribution in [2.45, 2.75) is 96.7 Å². The molecule has 2 N–H and O–H groups in total. The summed E-state index contributed by atoms with van der Waals surface area (Å²) < 4.78 is 26.3. The molecule has 0 bridgehead atoms. The zero-order chi connectivity index (χ0) is 26.0. The number of cyclic esters (lactones) is 1. The molecule has 6 atom stereocenters. The van der Waals surface area contributed by atoms with Crippen LogP contribution in [0.5, 0.6) is 0 Å². The first-order valence-electron chi connectivity index (χ1n) is 12.4. The van der Waals surface area contributed by atoms with Crippen molar-refractivity contribution in [1.29, 1.82) is 0 Å². The van der Waals surface area contributed by atoms with Gasteiger partial charge in [-0.3, -0.25) is 14.6 Å². The first kappa shape index (κ1) is 27.4. The summed E-state index contributed by atoms with van der Waals surface area (Å²) in [5.41, 5.74) is -1.61. The van der Waals surface area contributed by atoms with Gasteiger partial charge in [0.25, 0.3) is 0 Å². The summed E-state index contributed by atoms with van der Waals surface area (Å²) >= 11 is 0.